The number of aliphatic carboxylic acids is 1. The fraction of sp³-hybridized carbons (Fsp3) is 0.633. The Morgan fingerprint density at radius 1 is 1.25 bits per heavy atom. The summed E-state index contributed by atoms with van der Waals surface area (Å²) >= 11 is 1.43. The standard InChI is InChI=1S/C30H42N6O7S/c1-15-25(24(27(41)42)36-28(43)29(4,30(15,36)5)16(2)33-17(3)37)44-20-10-21(32-12-20)26(40)35-8-7-18(13-35)31-11-19-9-22(38)23(39)14-34(19)6/h9,14-16,18,20-21,31-32,39H,7-8,10-13H2,1-6H3,(H,33,37)(H,41,42)/t15-,16+,18-,20-,21-,29-,30-/m0/s1. The molecule has 5 heterocycles. The van der Waals surface area contributed by atoms with E-state index in [1.54, 1.807) is 25.5 Å². The van der Waals surface area contributed by atoms with Crippen molar-refractivity contribution in [2.45, 2.75) is 82.9 Å². The van der Waals surface area contributed by atoms with Gasteiger partial charge in [0.05, 0.1) is 17.0 Å². The quantitative estimate of drug-likeness (QED) is 0.239. The summed E-state index contributed by atoms with van der Waals surface area (Å²) in [5, 5.41) is 29.3. The second kappa shape index (κ2) is 11.5. The zero-order valence-corrected chi connectivity index (χ0v) is 26.8. The van der Waals surface area contributed by atoms with Crippen molar-refractivity contribution in [1.29, 1.82) is 0 Å². The number of aryl methyl sites for hydroxylation is 1. The van der Waals surface area contributed by atoms with Gasteiger partial charge in [0.25, 0.3) is 0 Å². The molecule has 5 N–H and O–H groups in total. The third-order valence-electron chi connectivity index (χ3n) is 10.4. The minimum absolute atomic E-state index is 0.00290. The summed E-state index contributed by atoms with van der Waals surface area (Å²) in [6.07, 6.45) is 2.69. The average Bonchev–Trinajstić information content (AvgIpc) is 3.67. The van der Waals surface area contributed by atoms with Gasteiger partial charge in [-0.15, -0.1) is 11.8 Å². The first-order chi connectivity index (χ1) is 20.6. The molecule has 1 aromatic heterocycles. The summed E-state index contributed by atoms with van der Waals surface area (Å²) in [6, 6.07) is 0.584. The summed E-state index contributed by atoms with van der Waals surface area (Å²) in [5.74, 6) is -2.31. The fourth-order valence-electron chi connectivity index (χ4n) is 7.41. The van der Waals surface area contributed by atoms with Crippen molar-refractivity contribution < 1.29 is 29.4 Å². The smallest absolute Gasteiger partial charge is 0.353 e. The lowest BCUT2D eigenvalue weighted by molar-refractivity contribution is -0.190. The summed E-state index contributed by atoms with van der Waals surface area (Å²) in [7, 11) is 1.76. The molecule has 0 aromatic carbocycles. The molecule has 13 nitrogen and oxygen atoms in total. The molecule has 0 bridgehead atoms. The van der Waals surface area contributed by atoms with Crippen LogP contribution < -0.4 is 21.4 Å². The van der Waals surface area contributed by atoms with E-state index in [-0.39, 0.29) is 46.4 Å². The summed E-state index contributed by atoms with van der Waals surface area (Å²) < 4.78 is 1.70. The van der Waals surface area contributed by atoms with Gasteiger partial charge in [-0.2, -0.15) is 0 Å². The number of nitrogens with zero attached hydrogens (tertiary/aromatic N) is 3. The second-order valence-electron chi connectivity index (χ2n) is 12.9. The number of pyridine rings is 1. The maximum absolute atomic E-state index is 13.5. The second-order valence-corrected chi connectivity index (χ2v) is 14.2. The normalized spacial score (nSPS) is 32.1. The third kappa shape index (κ3) is 5.00. The molecule has 3 amide bonds. The number of likely N-dealkylation sites (tertiary alicyclic amines) is 1. The van der Waals surface area contributed by atoms with Crippen LogP contribution in [0.2, 0.25) is 0 Å². The predicted octanol–water partition coefficient (Wildman–Crippen LogP) is 0.323. The number of nitrogens with one attached hydrogen (secondary N) is 3. The first-order valence-corrected chi connectivity index (χ1v) is 15.9. The minimum atomic E-state index is -1.16. The highest BCUT2D eigenvalue weighted by molar-refractivity contribution is 8.03. The van der Waals surface area contributed by atoms with Gasteiger partial charge in [0.15, 0.2) is 5.75 Å². The number of carboxylic acid groups (broad SMARTS) is 1. The van der Waals surface area contributed by atoms with Crippen molar-refractivity contribution in [2.24, 2.45) is 18.4 Å². The molecule has 0 spiro atoms. The van der Waals surface area contributed by atoms with E-state index >= 15 is 0 Å². The number of carbonyl (C=O) groups excluding carboxylic acids is 3. The largest absolute Gasteiger partial charge is 0.503 e. The predicted molar refractivity (Wildman–Crippen MR) is 163 cm³/mol. The Hall–Kier alpha value is -3.36. The van der Waals surface area contributed by atoms with Gasteiger partial charge in [0.1, 0.15) is 5.70 Å². The zero-order chi connectivity index (χ0) is 32.3. The monoisotopic (exact) mass is 630 g/mol. The van der Waals surface area contributed by atoms with E-state index in [4.69, 9.17) is 0 Å². The first kappa shape index (κ1) is 32.0. The van der Waals surface area contributed by atoms with Crippen LogP contribution in [-0.4, -0.2) is 96.8 Å². The van der Waals surface area contributed by atoms with Crippen molar-refractivity contribution >= 4 is 35.5 Å². The third-order valence-corrected chi connectivity index (χ3v) is 11.9. The number of aromatic hydroxyl groups is 1. The summed E-state index contributed by atoms with van der Waals surface area (Å²) in [4.78, 5) is 66.9. The molecule has 240 valence electrons. The highest BCUT2D eigenvalue weighted by Gasteiger charge is 2.75. The van der Waals surface area contributed by atoms with Gasteiger partial charge in [0.2, 0.25) is 23.2 Å². The lowest BCUT2D eigenvalue weighted by Crippen LogP contribution is -2.80. The molecule has 1 aromatic rings. The van der Waals surface area contributed by atoms with Crippen LogP contribution in [0.15, 0.2) is 27.7 Å². The maximum atomic E-state index is 13.5. The molecule has 44 heavy (non-hydrogen) atoms. The van der Waals surface area contributed by atoms with Crippen LogP contribution in [0.3, 0.4) is 0 Å². The van der Waals surface area contributed by atoms with Crippen molar-refractivity contribution in [3.8, 4) is 5.75 Å². The number of fused-ring (bicyclic) bond motifs is 1. The number of aromatic nitrogens is 1. The van der Waals surface area contributed by atoms with Gasteiger partial charge in [0, 0.05) is 86.3 Å². The lowest BCUT2D eigenvalue weighted by Gasteiger charge is -2.63. The van der Waals surface area contributed by atoms with E-state index in [1.807, 2.05) is 18.7 Å². The van der Waals surface area contributed by atoms with Crippen molar-refractivity contribution in [2.75, 3.05) is 19.6 Å². The molecule has 7 atom stereocenters. The van der Waals surface area contributed by atoms with Gasteiger partial charge < -0.3 is 35.6 Å². The highest BCUT2D eigenvalue weighted by Crippen LogP contribution is 2.64. The van der Waals surface area contributed by atoms with Crippen LogP contribution in [0, 0.1) is 11.3 Å². The van der Waals surface area contributed by atoms with Gasteiger partial charge in [-0.25, -0.2) is 4.79 Å². The Balaban J connectivity index is 1.21. The Kier molecular flexibility index (Phi) is 8.40. The Morgan fingerprint density at radius 3 is 2.61 bits per heavy atom. The molecule has 4 aliphatic heterocycles. The maximum Gasteiger partial charge on any atom is 0.353 e. The minimum Gasteiger partial charge on any atom is -0.503 e. The van der Waals surface area contributed by atoms with E-state index in [9.17, 15) is 34.2 Å². The zero-order valence-electron chi connectivity index (χ0n) is 26.0. The lowest BCUT2D eigenvalue weighted by atomic mass is 9.55. The number of hydrogen-bond donors (Lipinski definition) is 5. The van der Waals surface area contributed by atoms with Crippen LogP contribution in [-0.2, 0) is 32.8 Å². The number of β-lactam (4-membered cyclic amide) rings is 1. The molecule has 3 fully saturated rings. The van der Waals surface area contributed by atoms with Crippen LogP contribution in [0.5, 0.6) is 5.75 Å². The molecule has 3 saturated heterocycles. The van der Waals surface area contributed by atoms with Gasteiger partial charge in [-0.1, -0.05) is 6.92 Å². The average molecular weight is 631 g/mol. The Morgan fingerprint density at radius 2 is 1.95 bits per heavy atom. The molecule has 0 saturated carbocycles. The molecule has 4 aliphatic rings. The van der Waals surface area contributed by atoms with Crippen molar-refractivity contribution in [3.63, 3.8) is 0 Å². The molecule has 0 radical (unpaired) electrons. The summed E-state index contributed by atoms with van der Waals surface area (Å²) in [6.45, 7) is 10.9. The van der Waals surface area contributed by atoms with E-state index in [0.717, 1.165) is 12.1 Å². The van der Waals surface area contributed by atoms with Crippen molar-refractivity contribution in [1.82, 2.24) is 30.3 Å². The molecule has 0 aliphatic carbocycles. The van der Waals surface area contributed by atoms with E-state index in [0.29, 0.717) is 37.5 Å². The highest BCUT2D eigenvalue weighted by atomic mass is 32.2. The van der Waals surface area contributed by atoms with Crippen LogP contribution in [0.4, 0.5) is 0 Å². The van der Waals surface area contributed by atoms with Gasteiger partial charge in [-0.05, 0) is 33.6 Å². The fourth-order valence-corrected chi connectivity index (χ4v) is 8.96. The van der Waals surface area contributed by atoms with Crippen molar-refractivity contribution in [3.05, 3.63) is 38.8 Å². The van der Waals surface area contributed by atoms with E-state index < -0.39 is 34.4 Å². The first-order valence-electron chi connectivity index (χ1n) is 15.0. The number of carbonyl (C=O) groups is 4. The Labute approximate surface area is 260 Å². The number of rotatable bonds is 9. The SMILES string of the molecule is CC(=O)N[C@H](C)[C@@]1(C)C(=O)N2C(C(=O)O)=C(S[C@@H]3CN[C@H](C(=O)N4CC[C@H](NCc5cc(=O)c(O)cn5C)C4)C3)[C@H](C)[C@]21C. The topological polar surface area (TPSA) is 173 Å². The number of thioether (sulfide) groups is 1. The van der Waals surface area contributed by atoms with E-state index in [1.165, 1.54) is 35.8 Å². The van der Waals surface area contributed by atoms with Crippen LogP contribution in [0.25, 0.3) is 0 Å². The molecular formula is C30H42N6O7S. The van der Waals surface area contributed by atoms with E-state index in [2.05, 4.69) is 16.0 Å². The number of amides is 3. The molecular weight excluding hydrogens is 588 g/mol. The number of carboxylic acids is 1. The molecule has 5 rings (SSSR count). The molecule has 0 unspecified atom stereocenters. The Bertz CT molecular complexity index is 1490. The van der Waals surface area contributed by atoms with Crippen LogP contribution >= 0.6 is 11.8 Å². The summed E-state index contributed by atoms with van der Waals surface area (Å²) in [5.41, 5.74) is -1.51. The molecule has 14 heteroatoms. The number of hydrogen-bond acceptors (Lipinski definition) is 9. The van der Waals surface area contributed by atoms with Gasteiger partial charge in [-0.3, -0.25) is 24.1 Å². The van der Waals surface area contributed by atoms with Crippen LogP contribution in [0.1, 0.15) is 53.2 Å². The van der Waals surface area contributed by atoms with Gasteiger partial charge >= 0.3 is 5.97 Å².